The lowest BCUT2D eigenvalue weighted by atomic mass is 10.0. The number of hydrogen-bond acceptors (Lipinski definition) is 4. The number of phenols is 1. The molecule has 8 heteroatoms. The van der Waals surface area contributed by atoms with Crippen LogP contribution in [0, 0.1) is 0 Å². The number of primary amides is 1. The van der Waals surface area contributed by atoms with E-state index in [1.807, 2.05) is 0 Å². The molecule has 0 atom stereocenters. The molecule has 0 aliphatic heterocycles. The minimum atomic E-state index is -4.45. The monoisotopic (exact) mass is 314 g/mol. The number of thioether (sulfide) groups is 1. The molecule has 4 nitrogen and oxygen atoms in total. The van der Waals surface area contributed by atoms with Gasteiger partial charge in [0, 0.05) is 22.2 Å². The first kappa shape index (κ1) is 15.2. The Morgan fingerprint density at radius 1 is 1.24 bits per heavy atom. The molecular weight excluding hydrogens is 305 g/mol. The lowest BCUT2D eigenvalue weighted by Gasteiger charge is -2.11. The molecule has 0 fully saturated rings. The number of aromatic hydroxyl groups is 1. The number of carbonyl (C=O) groups is 1. The molecule has 21 heavy (non-hydrogen) atoms. The van der Waals surface area contributed by atoms with Gasteiger partial charge in [0.2, 0.25) is 0 Å². The van der Waals surface area contributed by atoms with Gasteiger partial charge in [0.25, 0.3) is 5.91 Å². The van der Waals surface area contributed by atoms with Crippen molar-refractivity contribution in [3.63, 3.8) is 0 Å². The molecule has 0 aliphatic carbocycles. The highest BCUT2D eigenvalue weighted by Crippen LogP contribution is 2.40. The predicted octanol–water partition coefficient (Wildman–Crippen LogP) is 3.17. The number of phenolic OH excluding ortho intramolecular Hbond substituents is 1. The van der Waals surface area contributed by atoms with Crippen LogP contribution >= 0.6 is 11.8 Å². The first-order valence-corrected chi connectivity index (χ1v) is 6.43. The van der Waals surface area contributed by atoms with Gasteiger partial charge in [-0.25, -0.2) is 0 Å². The van der Waals surface area contributed by atoms with Crippen LogP contribution < -0.4 is 5.73 Å². The SMILES string of the molecule is NC(=O)c1ncccc1-c1cc(SC(F)(F)F)ccc1O. The predicted molar refractivity (Wildman–Crippen MR) is 71.8 cm³/mol. The van der Waals surface area contributed by atoms with Gasteiger partial charge in [0.05, 0.1) is 0 Å². The molecule has 0 spiro atoms. The number of halogens is 3. The summed E-state index contributed by atoms with van der Waals surface area (Å²) >= 11 is -0.315. The summed E-state index contributed by atoms with van der Waals surface area (Å²) in [5.41, 5.74) is 0.836. The molecule has 1 aromatic heterocycles. The Morgan fingerprint density at radius 3 is 2.57 bits per heavy atom. The summed E-state index contributed by atoms with van der Waals surface area (Å²) in [5.74, 6) is -1.10. The summed E-state index contributed by atoms with van der Waals surface area (Å²) in [6, 6.07) is 6.34. The van der Waals surface area contributed by atoms with Crippen LogP contribution in [-0.2, 0) is 0 Å². The van der Waals surface area contributed by atoms with E-state index >= 15 is 0 Å². The van der Waals surface area contributed by atoms with Crippen molar-refractivity contribution in [2.45, 2.75) is 10.4 Å². The van der Waals surface area contributed by atoms with Crippen LogP contribution in [0.1, 0.15) is 10.5 Å². The van der Waals surface area contributed by atoms with E-state index in [1.165, 1.54) is 18.3 Å². The molecule has 110 valence electrons. The topological polar surface area (TPSA) is 76.2 Å². The normalized spacial score (nSPS) is 11.4. The van der Waals surface area contributed by atoms with Gasteiger partial charge in [0.1, 0.15) is 11.4 Å². The molecule has 3 N–H and O–H groups in total. The highest BCUT2D eigenvalue weighted by atomic mass is 32.2. The van der Waals surface area contributed by atoms with Crippen molar-refractivity contribution in [3.05, 3.63) is 42.2 Å². The third-order valence-electron chi connectivity index (χ3n) is 2.53. The van der Waals surface area contributed by atoms with Gasteiger partial charge in [-0.2, -0.15) is 13.2 Å². The van der Waals surface area contributed by atoms with Crippen LogP contribution in [0.25, 0.3) is 11.1 Å². The Balaban J connectivity index is 2.54. The van der Waals surface area contributed by atoms with Gasteiger partial charge in [0.15, 0.2) is 0 Å². The van der Waals surface area contributed by atoms with Crippen LogP contribution in [0.15, 0.2) is 41.4 Å². The second-order valence-corrected chi connectivity index (χ2v) is 5.13. The molecule has 0 unspecified atom stereocenters. The molecule has 1 amide bonds. The van der Waals surface area contributed by atoms with Gasteiger partial charge in [-0.15, -0.1) is 0 Å². The molecule has 1 aromatic carbocycles. The largest absolute Gasteiger partial charge is 0.507 e. The fraction of sp³-hybridized carbons (Fsp3) is 0.0769. The molecular formula is C13H9F3N2O2S. The van der Waals surface area contributed by atoms with Gasteiger partial charge < -0.3 is 10.8 Å². The zero-order valence-corrected chi connectivity index (χ0v) is 11.2. The summed E-state index contributed by atoms with van der Waals surface area (Å²) in [6.07, 6.45) is 1.33. The number of pyridine rings is 1. The second kappa shape index (κ2) is 5.65. The maximum atomic E-state index is 12.4. The Morgan fingerprint density at radius 2 is 1.95 bits per heavy atom. The lowest BCUT2D eigenvalue weighted by molar-refractivity contribution is -0.0328. The number of hydrogen-bond donors (Lipinski definition) is 2. The van der Waals surface area contributed by atoms with Gasteiger partial charge >= 0.3 is 5.51 Å². The van der Waals surface area contributed by atoms with Crippen LogP contribution in [0.2, 0.25) is 0 Å². The highest BCUT2D eigenvalue weighted by molar-refractivity contribution is 8.00. The summed E-state index contributed by atoms with van der Waals surface area (Å²) in [5, 5.41) is 9.82. The number of amides is 1. The van der Waals surface area contributed by atoms with Crippen molar-refractivity contribution >= 4 is 17.7 Å². The van der Waals surface area contributed by atoms with E-state index in [-0.39, 0.29) is 39.2 Å². The minimum absolute atomic E-state index is 0.0613. The van der Waals surface area contributed by atoms with Crippen molar-refractivity contribution in [1.29, 1.82) is 0 Å². The van der Waals surface area contributed by atoms with E-state index in [0.717, 1.165) is 18.2 Å². The van der Waals surface area contributed by atoms with E-state index in [9.17, 15) is 23.1 Å². The van der Waals surface area contributed by atoms with E-state index in [4.69, 9.17) is 5.73 Å². The quantitative estimate of drug-likeness (QED) is 0.853. The zero-order valence-electron chi connectivity index (χ0n) is 10.4. The number of alkyl halides is 3. The van der Waals surface area contributed by atoms with E-state index in [0.29, 0.717) is 0 Å². The Hall–Kier alpha value is -2.22. The Bertz CT molecular complexity index is 689. The van der Waals surface area contributed by atoms with Gasteiger partial charge in [-0.05, 0) is 36.0 Å². The van der Waals surface area contributed by atoms with E-state index < -0.39 is 11.4 Å². The van der Waals surface area contributed by atoms with Crippen molar-refractivity contribution in [1.82, 2.24) is 4.98 Å². The molecule has 0 bridgehead atoms. The first-order chi connectivity index (χ1) is 9.78. The molecule has 0 saturated heterocycles. The number of rotatable bonds is 3. The smallest absolute Gasteiger partial charge is 0.446 e. The molecule has 1 heterocycles. The zero-order chi connectivity index (χ0) is 15.6. The average Bonchev–Trinajstić information content (AvgIpc) is 2.39. The summed E-state index contributed by atoms with van der Waals surface area (Å²) in [7, 11) is 0. The van der Waals surface area contributed by atoms with Crippen LogP contribution in [0.5, 0.6) is 5.75 Å². The van der Waals surface area contributed by atoms with Crippen molar-refractivity contribution in [2.24, 2.45) is 5.73 Å². The van der Waals surface area contributed by atoms with Crippen molar-refractivity contribution in [2.75, 3.05) is 0 Å². The van der Waals surface area contributed by atoms with Crippen LogP contribution in [0.3, 0.4) is 0 Å². The maximum absolute atomic E-state index is 12.4. The van der Waals surface area contributed by atoms with Crippen LogP contribution in [0.4, 0.5) is 13.2 Å². The summed E-state index contributed by atoms with van der Waals surface area (Å²) < 4.78 is 37.2. The number of nitrogens with two attached hydrogens (primary N) is 1. The van der Waals surface area contributed by atoms with Crippen molar-refractivity contribution in [3.8, 4) is 16.9 Å². The average molecular weight is 314 g/mol. The Kier molecular flexibility index (Phi) is 4.08. The van der Waals surface area contributed by atoms with E-state index in [2.05, 4.69) is 4.98 Å². The van der Waals surface area contributed by atoms with Gasteiger partial charge in [-0.1, -0.05) is 6.07 Å². The highest BCUT2D eigenvalue weighted by Gasteiger charge is 2.29. The summed E-state index contributed by atoms with van der Waals surface area (Å²) in [4.78, 5) is 15.0. The van der Waals surface area contributed by atoms with Crippen molar-refractivity contribution < 1.29 is 23.1 Å². The fourth-order valence-corrected chi connectivity index (χ4v) is 2.33. The minimum Gasteiger partial charge on any atom is -0.507 e. The molecule has 0 aliphatic rings. The number of carbonyl (C=O) groups excluding carboxylic acids is 1. The second-order valence-electron chi connectivity index (χ2n) is 3.99. The fourth-order valence-electron chi connectivity index (χ4n) is 1.75. The molecule has 0 radical (unpaired) electrons. The third kappa shape index (κ3) is 3.66. The molecule has 2 rings (SSSR count). The standard InChI is InChI=1S/C13H9F3N2O2S/c14-13(15,16)21-7-3-4-10(19)9(6-7)8-2-1-5-18-11(8)12(17)20/h1-6,19H,(H2,17,20). The molecule has 2 aromatic rings. The number of benzene rings is 1. The number of nitrogens with zero attached hydrogens (tertiary/aromatic N) is 1. The third-order valence-corrected chi connectivity index (χ3v) is 3.25. The lowest BCUT2D eigenvalue weighted by Crippen LogP contribution is -2.14. The summed E-state index contributed by atoms with van der Waals surface area (Å²) in [6.45, 7) is 0. The first-order valence-electron chi connectivity index (χ1n) is 5.62. The Labute approximate surface area is 121 Å². The van der Waals surface area contributed by atoms with Crippen LogP contribution in [-0.4, -0.2) is 21.5 Å². The van der Waals surface area contributed by atoms with E-state index in [1.54, 1.807) is 0 Å². The maximum Gasteiger partial charge on any atom is 0.446 e. The molecule has 0 saturated carbocycles. The van der Waals surface area contributed by atoms with Gasteiger partial charge in [-0.3, -0.25) is 9.78 Å². The number of aromatic nitrogens is 1.